The van der Waals surface area contributed by atoms with Crippen molar-refractivity contribution in [3.05, 3.63) is 58.7 Å². The van der Waals surface area contributed by atoms with E-state index < -0.39 is 0 Å². The number of H-pyrrole nitrogens is 1. The minimum atomic E-state index is 0.589. The van der Waals surface area contributed by atoms with E-state index in [4.69, 9.17) is 21.1 Å². The third-order valence-corrected chi connectivity index (χ3v) is 4.60. The van der Waals surface area contributed by atoms with Gasteiger partial charge < -0.3 is 19.8 Å². The Balaban J connectivity index is 1.58. The van der Waals surface area contributed by atoms with Crippen molar-refractivity contribution in [2.75, 3.05) is 20.3 Å². The number of benzene rings is 2. The van der Waals surface area contributed by atoms with Crippen LogP contribution in [0.2, 0.25) is 5.02 Å². The van der Waals surface area contributed by atoms with Crippen LogP contribution in [0, 0.1) is 0 Å². The third-order valence-electron chi connectivity index (χ3n) is 4.31. The van der Waals surface area contributed by atoms with Crippen LogP contribution in [0.25, 0.3) is 10.9 Å². The van der Waals surface area contributed by atoms with Crippen molar-refractivity contribution in [2.24, 2.45) is 0 Å². The van der Waals surface area contributed by atoms with Gasteiger partial charge in [-0.3, -0.25) is 0 Å². The normalized spacial score (nSPS) is 11.0. The second-order valence-corrected chi connectivity index (χ2v) is 6.65. The van der Waals surface area contributed by atoms with Crippen LogP contribution in [0.3, 0.4) is 0 Å². The summed E-state index contributed by atoms with van der Waals surface area (Å²) in [6.07, 6.45) is 3.98. The molecule has 0 fully saturated rings. The Morgan fingerprint density at radius 3 is 2.85 bits per heavy atom. The molecule has 3 aromatic rings. The summed E-state index contributed by atoms with van der Waals surface area (Å²) in [6.45, 7) is 4.30. The Morgan fingerprint density at radius 1 is 1.19 bits per heavy atom. The van der Waals surface area contributed by atoms with Crippen LogP contribution in [-0.4, -0.2) is 25.2 Å². The molecular formula is C21H25ClN2O2. The first-order valence-electron chi connectivity index (χ1n) is 8.97. The fraction of sp³-hybridized carbons (Fsp3) is 0.333. The highest BCUT2D eigenvalue weighted by Crippen LogP contribution is 2.36. The molecule has 138 valence electrons. The van der Waals surface area contributed by atoms with E-state index in [1.807, 2.05) is 18.2 Å². The molecule has 0 saturated heterocycles. The Hall–Kier alpha value is -2.17. The number of hydrogen-bond donors (Lipinski definition) is 2. The lowest BCUT2D eigenvalue weighted by molar-refractivity contribution is 0.294. The highest BCUT2D eigenvalue weighted by atomic mass is 35.5. The fourth-order valence-corrected chi connectivity index (χ4v) is 3.30. The molecule has 1 aromatic heterocycles. The van der Waals surface area contributed by atoms with Crippen molar-refractivity contribution in [2.45, 2.75) is 26.3 Å². The van der Waals surface area contributed by atoms with Crippen LogP contribution >= 0.6 is 11.6 Å². The van der Waals surface area contributed by atoms with Crippen LogP contribution in [0.15, 0.2) is 42.6 Å². The Bertz CT molecular complexity index is 860. The molecule has 4 nitrogen and oxygen atoms in total. The maximum absolute atomic E-state index is 6.37. The summed E-state index contributed by atoms with van der Waals surface area (Å²) >= 11 is 6.37. The number of fused-ring (bicyclic) bond motifs is 1. The van der Waals surface area contributed by atoms with Crippen molar-refractivity contribution in [3.8, 4) is 11.5 Å². The van der Waals surface area contributed by atoms with E-state index >= 15 is 0 Å². The summed E-state index contributed by atoms with van der Waals surface area (Å²) in [7, 11) is 1.64. The molecule has 0 spiro atoms. The first-order chi connectivity index (χ1) is 12.7. The molecule has 3 rings (SSSR count). The average Bonchev–Trinajstić information content (AvgIpc) is 3.07. The van der Waals surface area contributed by atoms with E-state index in [0.29, 0.717) is 23.1 Å². The van der Waals surface area contributed by atoms with E-state index in [0.717, 1.165) is 31.5 Å². The molecule has 5 heteroatoms. The van der Waals surface area contributed by atoms with Crippen LogP contribution < -0.4 is 14.8 Å². The average molecular weight is 373 g/mol. The van der Waals surface area contributed by atoms with E-state index in [1.165, 1.54) is 16.5 Å². The standard InChI is InChI=1S/C21H25ClN2O2/c1-3-10-26-21-18(22)11-15(12-20(21)25-2)13-23-9-8-16-14-24-19-7-5-4-6-17(16)19/h4-7,11-12,14,23-24H,3,8-10,13H2,1-2H3. The molecule has 1 heterocycles. The molecule has 0 amide bonds. The second kappa shape index (κ2) is 8.97. The maximum Gasteiger partial charge on any atom is 0.179 e. The molecule has 0 atom stereocenters. The van der Waals surface area contributed by atoms with E-state index in [-0.39, 0.29) is 0 Å². The zero-order valence-electron chi connectivity index (χ0n) is 15.3. The Morgan fingerprint density at radius 2 is 2.04 bits per heavy atom. The molecule has 0 aliphatic rings. The molecule has 2 aromatic carbocycles. The second-order valence-electron chi connectivity index (χ2n) is 6.24. The summed E-state index contributed by atoms with van der Waals surface area (Å²) < 4.78 is 11.1. The number of aromatic nitrogens is 1. The molecule has 0 unspecified atom stereocenters. The van der Waals surface area contributed by atoms with Crippen molar-refractivity contribution in [3.63, 3.8) is 0 Å². The lowest BCUT2D eigenvalue weighted by Gasteiger charge is -2.14. The number of halogens is 1. The number of aromatic amines is 1. The van der Waals surface area contributed by atoms with Gasteiger partial charge in [-0.1, -0.05) is 36.7 Å². The highest BCUT2D eigenvalue weighted by molar-refractivity contribution is 6.32. The summed E-state index contributed by atoms with van der Waals surface area (Å²) in [5, 5.41) is 5.35. The first kappa shape index (κ1) is 18.6. The molecule has 0 aliphatic carbocycles. The topological polar surface area (TPSA) is 46.3 Å². The van der Waals surface area contributed by atoms with Gasteiger partial charge in [0.05, 0.1) is 18.7 Å². The smallest absolute Gasteiger partial charge is 0.179 e. The van der Waals surface area contributed by atoms with Gasteiger partial charge in [-0.15, -0.1) is 0 Å². The fourth-order valence-electron chi connectivity index (χ4n) is 3.01. The van der Waals surface area contributed by atoms with Crippen molar-refractivity contribution in [1.82, 2.24) is 10.3 Å². The van der Waals surface area contributed by atoms with Gasteiger partial charge in [0.15, 0.2) is 11.5 Å². The van der Waals surface area contributed by atoms with Gasteiger partial charge in [-0.05, 0) is 48.7 Å². The predicted octanol–water partition coefficient (Wildman–Crippen LogP) is 4.95. The Kier molecular flexibility index (Phi) is 6.42. The van der Waals surface area contributed by atoms with Gasteiger partial charge in [-0.2, -0.15) is 0 Å². The maximum atomic E-state index is 6.37. The monoisotopic (exact) mass is 372 g/mol. The summed E-state index contributed by atoms with van der Waals surface area (Å²) in [5.74, 6) is 1.30. The van der Waals surface area contributed by atoms with Gasteiger partial charge in [0, 0.05) is 23.6 Å². The van der Waals surface area contributed by atoms with E-state index in [2.05, 4.69) is 41.6 Å². The number of methoxy groups -OCH3 is 1. The molecule has 26 heavy (non-hydrogen) atoms. The minimum Gasteiger partial charge on any atom is -0.493 e. The van der Waals surface area contributed by atoms with Crippen LogP contribution in [0.1, 0.15) is 24.5 Å². The largest absolute Gasteiger partial charge is 0.493 e. The van der Waals surface area contributed by atoms with Gasteiger partial charge in [0.1, 0.15) is 0 Å². The lowest BCUT2D eigenvalue weighted by Crippen LogP contribution is -2.16. The van der Waals surface area contributed by atoms with Gasteiger partial charge in [0.2, 0.25) is 0 Å². The van der Waals surface area contributed by atoms with Crippen LogP contribution in [0.5, 0.6) is 11.5 Å². The summed E-state index contributed by atoms with van der Waals surface area (Å²) in [5.41, 5.74) is 3.59. The zero-order chi connectivity index (χ0) is 18.4. The SMILES string of the molecule is CCCOc1c(Cl)cc(CNCCc2c[nH]c3ccccc23)cc1OC. The van der Waals surface area contributed by atoms with Crippen LogP contribution in [-0.2, 0) is 13.0 Å². The van der Waals surface area contributed by atoms with Crippen LogP contribution in [0.4, 0.5) is 0 Å². The van der Waals surface area contributed by atoms with Gasteiger partial charge >= 0.3 is 0 Å². The Labute approximate surface area is 159 Å². The lowest BCUT2D eigenvalue weighted by atomic mass is 10.1. The van der Waals surface area contributed by atoms with E-state index in [1.54, 1.807) is 7.11 Å². The number of nitrogens with one attached hydrogen (secondary N) is 2. The van der Waals surface area contributed by atoms with E-state index in [9.17, 15) is 0 Å². The third kappa shape index (κ3) is 4.32. The molecule has 0 bridgehead atoms. The minimum absolute atomic E-state index is 0.589. The van der Waals surface area contributed by atoms with Crippen molar-refractivity contribution in [1.29, 1.82) is 0 Å². The molecule has 0 aliphatic heterocycles. The molecule has 0 saturated carbocycles. The summed E-state index contributed by atoms with van der Waals surface area (Å²) in [6, 6.07) is 12.3. The summed E-state index contributed by atoms with van der Waals surface area (Å²) in [4.78, 5) is 3.32. The zero-order valence-corrected chi connectivity index (χ0v) is 16.0. The van der Waals surface area contributed by atoms with Crippen molar-refractivity contribution >= 4 is 22.5 Å². The van der Waals surface area contributed by atoms with Gasteiger partial charge in [0.25, 0.3) is 0 Å². The first-order valence-corrected chi connectivity index (χ1v) is 9.35. The molecule has 0 radical (unpaired) electrons. The predicted molar refractivity (Wildman–Crippen MR) is 107 cm³/mol. The van der Waals surface area contributed by atoms with Crippen molar-refractivity contribution < 1.29 is 9.47 Å². The number of para-hydroxylation sites is 1. The van der Waals surface area contributed by atoms with Gasteiger partial charge in [-0.25, -0.2) is 0 Å². The quantitative estimate of drug-likeness (QED) is 0.522. The molecular weight excluding hydrogens is 348 g/mol. The number of rotatable bonds is 9. The molecule has 2 N–H and O–H groups in total. The number of hydrogen-bond acceptors (Lipinski definition) is 3. The highest BCUT2D eigenvalue weighted by Gasteiger charge is 2.12. The number of ether oxygens (including phenoxy) is 2.